The molecule has 2 aromatic rings. The van der Waals surface area contributed by atoms with Gasteiger partial charge in [0, 0.05) is 12.6 Å². The Morgan fingerprint density at radius 3 is 2.67 bits per heavy atom. The Morgan fingerprint density at radius 2 is 1.94 bits per heavy atom. The number of hydrogen-bond donors (Lipinski definition) is 1. The van der Waals surface area contributed by atoms with Crippen molar-refractivity contribution in [3.8, 4) is 23.0 Å². The highest BCUT2D eigenvalue weighted by Gasteiger charge is 2.34. The first-order valence-corrected chi connectivity index (χ1v) is 10.4. The standard InChI is InChI=1S/C24H23NO8/c1-30-18-8-5-14(10-20(18)31-2)11-21-23(27)16-7-6-15(12-19(16)33-21)32-13-22(26)25-9-3-4-17(25)24(28)29/h5-8,10-12,17H,3-4,9,13H2,1-2H3,(H,28,29)/b21-11-/t17-/m0/s1. The average molecular weight is 453 g/mol. The van der Waals surface area contributed by atoms with E-state index in [9.17, 15) is 19.5 Å². The lowest BCUT2D eigenvalue weighted by Crippen LogP contribution is -2.42. The monoisotopic (exact) mass is 453 g/mol. The van der Waals surface area contributed by atoms with Crippen molar-refractivity contribution in [2.75, 3.05) is 27.4 Å². The molecule has 4 rings (SSSR count). The van der Waals surface area contributed by atoms with E-state index in [1.807, 2.05) is 0 Å². The Balaban J connectivity index is 1.45. The maximum absolute atomic E-state index is 12.7. The number of rotatable bonds is 7. The zero-order chi connectivity index (χ0) is 23.5. The molecule has 0 radical (unpaired) electrons. The lowest BCUT2D eigenvalue weighted by atomic mass is 10.1. The summed E-state index contributed by atoms with van der Waals surface area (Å²) in [5.41, 5.74) is 1.08. The zero-order valence-electron chi connectivity index (χ0n) is 18.2. The van der Waals surface area contributed by atoms with Gasteiger partial charge in [-0.15, -0.1) is 0 Å². The number of amides is 1. The smallest absolute Gasteiger partial charge is 0.326 e. The maximum Gasteiger partial charge on any atom is 0.326 e. The van der Waals surface area contributed by atoms with Crippen molar-refractivity contribution in [2.45, 2.75) is 18.9 Å². The Kier molecular flexibility index (Phi) is 6.21. The fourth-order valence-corrected chi connectivity index (χ4v) is 3.90. The lowest BCUT2D eigenvalue weighted by Gasteiger charge is -2.21. The minimum atomic E-state index is -1.01. The second-order valence-electron chi connectivity index (χ2n) is 7.58. The van der Waals surface area contributed by atoms with Crippen LogP contribution < -0.4 is 18.9 Å². The molecule has 0 saturated carbocycles. The van der Waals surface area contributed by atoms with E-state index in [0.717, 1.165) is 0 Å². The molecule has 9 heteroatoms. The Labute approximate surface area is 190 Å². The maximum atomic E-state index is 12.7. The molecule has 0 aliphatic carbocycles. The number of likely N-dealkylation sites (tertiary alicyclic amines) is 1. The molecular formula is C24H23NO8. The van der Waals surface area contributed by atoms with Gasteiger partial charge in [0.1, 0.15) is 17.5 Å². The van der Waals surface area contributed by atoms with Gasteiger partial charge in [-0.25, -0.2) is 4.79 Å². The molecule has 1 amide bonds. The van der Waals surface area contributed by atoms with Crippen LogP contribution in [0.25, 0.3) is 6.08 Å². The number of ketones is 1. The molecule has 0 spiro atoms. The number of carboxylic acids is 1. The number of Topliss-reactive ketones (excluding diaryl/α,β-unsaturated/α-hetero) is 1. The van der Waals surface area contributed by atoms with Gasteiger partial charge in [0.2, 0.25) is 5.78 Å². The molecule has 1 fully saturated rings. The van der Waals surface area contributed by atoms with E-state index in [0.29, 0.717) is 53.5 Å². The Hall–Kier alpha value is -4.01. The van der Waals surface area contributed by atoms with E-state index >= 15 is 0 Å². The second kappa shape index (κ2) is 9.23. The van der Waals surface area contributed by atoms with E-state index in [-0.39, 0.29) is 18.1 Å². The van der Waals surface area contributed by atoms with Gasteiger partial charge in [-0.1, -0.05) is 6.07 Å². The van der Waals surface area contributed by atoms with Gasteiger partial charge in [-0.2, -0.15) is 0 Å². The molecule has 0 aromatic heterocycles. The third kappa shape index (κ3) is 4.48. The van der Waals surface area contributed by atoms with E-state index in [4.69, 9.17) is 18.9 Å². The highest BCUT2D eigenvalue weighted by Crippen LogP contribution is 2.36. The number of allylic oxidation sites excluding steroid dienone is 1. The number of nitrogens with zero attached hydrogens (tertiary/aromatic N) is 1. The number of fused-ring (bicyclic) bond motifs is 1. The summed E-state index contributed by atoms with van der Waals surface area (Å²) >= 11 is 0. The molecule has 1 saturated heterocycles. The molecule has 0 unspecified atom stereocenters. The summed E-state index contributed by atoms with van der Waals surface area (Å²) in [6, 6.07) is 9.11. The first-order valence-electron chi connectivity index (χ1n) is 10.4. The fourth-order valence-electron chi connectivity index (χ4n) is 3.90. The number of aliphatic carboxylic acids is 1. The SMILES string of the molecule is COc1ccc(/C=C2\Oc3cc(OCC(=O)N4CCC[C@H]4C(=O)O)ccc3C2=O)cc1OC. The molecule has 33 heavy (non-hydrogen) atoms. The van der Waals surface area contributed by atoms with Crippen LogP contribution in [0.4, 0.5) is 0 Å². The van der Waals surface area contributed by atoms with Crippen LogP contribution in [-0.2, 0) is 9.59 Å². The van der Waals surface area contributed by atoms with Crippen molar-refractivity contribution in [2.24, 2.45) is 0 Å². The number of hydrogen-bond acceptors (Lipinski definition) is 7. The predicted octanol–water partition coefficient (Wildman–Crippen LogP) is 2.77. The minimum Gasteiger partial charge on any atom is -0.493 e. The topological polar surface area (TPSA) is 112 Å². The molecule has 172 valence electrons. The van der Waals surface area contributed by atoms with E-state index in [1.165, 1.54) is 18.1 Å². The van der Waals surface area contributed by atoms with Gasteiger partial charge in [-0.3, -0.25) is 9.59 Å². The van der Waals surface area contributed by atoms with Gasteiger partial charge >= 0.3 is 5.97 Å². The lowest BCUT2D eigenvalue weighted by molar-refractivity contribution is -0.148. The first-order chi connectivity index (χ1) is 15.9. The summed E-state index contributed by atoms with van der Waals surface area (Å²) in [6.07, 6.45) is 2.69. The summed E-state index contributed by atoms with van der Waals surface area (Å²) < 4.78 is 21.8. The van der Waals surface area contributed by atoms with Crippen LogP contribution in [0.5, 0.6) is 23.0 Å². The summed E-state index contributed by atoms with van der Waals surface area (Å²) in [5, 5.41) is 9.23. The van der Waals surface area contributed by atoms with Crippen molar-refractivity contribution in [3.63, 3.8) is 0 Å². The van der Waals surface area contributed by atoms with Crippen molar-refractivity contribution >= 4 is 23.7 Å². The van der Waals surface area contributed by atoms with E-state index in [1.54, 1.807) is 43.5 Å². The van der Waals surface area contributed by atoms with Crippen molar-refractivity contribution in [1.29, 1.82) is 0 Å². The van der Waals surface area contributed by atoms with Crippen molar-refractivity contribution < 1.29 is 38.4 Å². The van der Waals surface area contributed by atoms with Crippen LogP contribution in [0.1, 0.15) is 28.8 Å². The van der Waals surface area contributed by atoms with Gasteiger partial charge in [0.15, 0.2) is 23.9 Å². The van der Waals surface area contributed by atoms with Gasteiger partial charge in [0.25, 0.3) is 5.91 Å². The van der Waals surface area contributed by atoms with Crippen LogP contribution in [0.2, 0.25) is 0 Å². The van der Waals surface area contributed by atoms with E-state index in [2.05, 4.69) is 0 Å². The number of carbonyl (C=O) groups excluding carboxylic acids is 2. The Bertz CT molecular complexity index is 1140. The average Bonchev–Trinajstić information content (AvgIpc) is 3.43. The van der Waals surface area contributed by atoms with Gasteiger partial charge in [-0.05, 0) is 48.7 Å². The normalized spacial score (nSPS) is 18.1. The third-order valence-corrected chi connectivity index (χ3v) is 5.57. The number of benzene rings is 2. The molecular weight excluding hydrogens is 430 g/mol. The second-order valence-corrected chi connectivity index (χ2v) is 7.58. The van der Waals surface area contributed by atoms with Crippen LogP contribution in [0.3, 0.4) is 0 Å². The summed E-state index contributed by atoms with van der Waals surface area (Å²) in [5.74, 6) is 0.218. The highest BCUT2D eigenvalue weighted by atomic mass is 16.5. The largest absolute Gasteiger partial charge is 0.493 e. The van der Waals surface area contributed by atoms with E-state index < -0.39 is 17.9 Å². The number of carboxylic acid groups (broad SMARTS) is 1. The predicted molar refractivity (Wildman–Crippen MR) is 117 cm³/mol. The molecule has 2 aliphatic heterocycles. The quantitative estimate of drug-likeness (QED) is 0.637. The van der Waals surface area contributed by atoms with Crippen LogP contribution in [-0.4, -0.2) is 61.1 Å². The summed E-state index contributed by atoms with van der Waals surface area (Å²) in [7, 11) is 3.07. The summed E-state index contributed by atoms with van der Waals surface area (Å²) in [4.78, 5) is 37.7. The molecule has 9 nitrogen and oxygen atoms in total. The molecule has 2 heterocycles. The molecule has 2 aliphatic rings. The van der Waals surface area contributed by atoms with Crippen LogP contribution >= 0.6 is 0 Å². The van der Waals surface area contributed by atoms with Crippen LogP contribution in [0, 0.1) is 0 Å². The van der Waals surface area contributed by atoms with Crippen molar-refractivity contribution in [3.05, 3.63) is 53.3 Å². The highest BCUT2D eigenvalue weighted by molar-refractivity contribution is 6.14. The minimum absolute atomic E-state index is 0.145. The number of methoxy groups -OCH3 is 2. The zero-order valence-corrected chi connectivity index (χ0v) is 18.2. The number of ether oxygens (including phenoxy) is 4. The summed E-state index contributed by atoms with van der Waals surface area (Å²) in [6.45, 7) is 0.0934. The number of carbonyl (C=O) groups is 3. The molecule has 1 atom stereocenters. The van der Waals surface area contributed by atoms with Crippen molar-refractivity contribution in [1.82, 2.24) is 4.90 Å². The van der Waals surface area contributed by atoms with Crippen LogP contribution in [0.15, 0.2) is 42.2 Å². The first kappa shape index (κ1) is 22.2. The van der Waals surface area contributed by atoms with Gasteiger partial charge < -0.3 is 29.0 Å². The fraction of sp³-hybridized carbons (Fsp3) is 0.292. The Morgan fingerprint density at radius 1 is 1.15 bits per heavy atom. The van der Waals surface area contributed by atoms with Gasteiger partial charge in [0.05, 0.1) is 19.8 Å². The third-order valence-electron chi connectivity index (χ3n) is 5.57. The molecule has 2 aromatic carbocycles. The molecule has 0 bridgehead atoms. The molecule has 1 N–H and O–H groups in total.